The zero-order valence-corrected chi connectivity index (χ0v) is 20.3. The van der Waals surface area contributed by atoms with Gasteiger partial charge in [0.25, 0.3) is 11.8 Å². The van der Waals surface area contributed by atoms with E-state index < -0.39 is 0 Å². The lowest BCUT2D eigenvalue weighted by atomic mass is 10.1. The molecule has 0 saturated heterocycles. The van der Waals surface area contributed by atoms with Crippen LogP contribution >= 0.6 is 11.6 Å². The quantitative estimate of drug-likeness (QED) is 0.307. The molecule has 0 aliphatic carbocycles. The average molecular weight is 495 g/mol. The van der Waals surface area contributed by atoms with Crippen LogP contribution in [0.5, 0.6) is 0 Å². The lowest BCUT2D eigenvalue weighted by Crippen LogP contribution is -2.34. The maximum absolute atomic E-state index is 13.4. The third-order valence-corrected chi connectivity index (χ3v) is 6.08. The number of rotatable bonds is 9. The van der Waals surface area contributed by atoms with Crippen molar-refractivity contribution in [3.8, 4) is 0 Å². The van der Waals surface area contributed by atoms with Gasteiger partial charge in [0.2, 0.25) is 5.95 Å². The monoisotopic (exact) mass is 494 g/mol. The Hall–Kier alpha value is -3.76. The fraction of sp³-hybridized carbons (Fsp3) is 0.292. The molecule has 4 rings (SSSR count). The van der Waals surface area contributed by atoms with Crippen molar-refractivity contribution >= 4 is 46.8 Å². The summed E-state index contributed by atoms with van der Waals surface area (Å²) < 4.78 is 0. The number of anilines is 2. The van der Waals surface area contributed by atoms with E-state index in [0.29, 0.717) is 34.8 Å². The van der Waals surface area contributed by atoms with Gasteiger partial charge in [-0.15, -0.1) is 0 Å². The van der Waals surface area contributed by atoms with Crippen LogP contribution in [0.15, 0.2) is 36.8 Å². The van der Waals surface area contributed by atoms with Gasteiger partial charge in [0.15, 0.2) is 5.82 Å². The third-order valence-electron chi connectivity index (χ3n) is 5.80. The SMILES string of the molecule is CCN(CC)CCNC(=O)c1c[nH]c(/C=C2/C(=O)N(Cc3cccnc3)c3nc(N)nc(Cl)c32)c1. The summed E-state index contributed by atoms with van der Waals surface area (Å²) in [4.78, 5) is 45.1. The Balaban J connectivity index is 1.58. The van der Waals surface area contributed by atoms with Gasteiger partial charge in [-0.25, -0.2) is 4.98 Å². The maximum Gasteiger partial charge on any atom is 0.260 e. The molecule has 182 valence electrons. The zero-order valence-electron chi connectivity index (χ0n) is 19.6. The number of hydrogen-bond donors (Lipinski definition) is 3. The van der Waals surface area contributed by atoms with Gasteiger partial charge in [-0.3, -0.25) is 19.5 Å². The lowest BCUT2D eigenvalue weighted by Gasteiger charge is -2.17. The molecule has 35 heavy (non-hydrogen) atoms. The van der Waals surface area contributed by atoms with Gasteiger partial charge in [-0.2, -0.15) is 4.98 Å². The van der Waals surface area contributed by atoms with E-state index in [1.54, 1.807) is 36.8 Å². The number of fused-ring (bicyclic) bond motifs is 1. The van der Waals surface area contributed by atoms with Crippen molar-refractivity contribution in [3.05, 3.63) is 64.3 Å². The molecule has 1 aliphatic rings. The Bertz CT molecular complexity index is 1250. The minimum Gasteiger partial charge on any atom is -0.368 e. The number of carbonyl (C=O) groups excluding carboxylic acids is 2. The van der Waals surface area contributed by atoms with Crippen LogP contribution in [0.3, 0.4) is 0 Å². The molecule has 0 unspecified atom stereocenters. The molecular formula is C24H27ClN8O2. The van der Waals surface area contributed by atoms with E-state index in [1.165, 1.54) is 4.90 Å². The van der Waals surface area contributed by atoms with E-state index in [0.717, 1.165) is 25.2 Å². The number of nitrogens with zero attached hydrogens (tertiary/aromatic N) is 5. The Morgan fingerprint density at radius 3 is 2.83 bits per heavy atom. The summed E-state index contributed by atoms with van der Waals surface area (Å²) in [5, 5.41) is 3.01. The third kappa shape index (κ3) is 5.33. The topological polar surface area (TPSA) is 133 Å². The largest absolute Gasteiger partial charge is 0.368 e. The molecule has 0 radical (unpaired) electrons. The highest BCUT2D eigenvalue weighted by atomic mass is 35.5. The second-order valence-corrected chi connectivity index (χ2v) is 8.37. The minimum atomic E-state index is -0.300. The fourth-order valence-corrected chi connectivity index (χ4v) is 4.19. The molecule has 2 amide bonds. The van der Waals surface area contributed by atoms with Crippen molar-refractivity contribution in [1.82, 2.24) is 30.2 Å². The van der Waals surface area contributed by atoms with E-state index in [1.807, 2.05) is 6.07 Å². The van der Waals surface area contributed by atoms with Crippen molar-refractivity contribution in [2.45, 2.75) is 20.4 Å². The number of hydrogen-bond acceptors (Lipinski definition) is 7. The highest BCUT2D eigenvalue weighted by Gasteiger charge is 2.37. The van der Waals surface area contributed by atoms with E-state index >= 15 is 0 Å². The smallest absolute Gasteiger partial charge is 0.260 e. The van der Waals surface area contributed by atoms with Crippen LogP contribution in [0.25, 0.3) is 11.6 Å². The number of nitrogen functional groups attached to an aromatic ring is 1. The number of aromatic nitrogens is 4. The van der Waals surface area contributed by atoms with Crippen molar-refractivity contribution in [1.29, 1.82) is 0 Å². The van der Waals surface area contributed by atoms with Crippen LogP contribution < -0.4 is 16.0 Å². The summed E-state index contributed by atoms with van der Waals surface area (Å²) in [6.07, 6.45) is 6.58. The summed E-state index contributed by atoms with van der Waals surface area (Å²) in [5.74, 6) is -0.180. The first-order valence-corrected chi connectivity index (χ1v) is 11.7. The number of aromatic amines is 1. The van der Waals surface area contributed by atoms with E-state index in [-0.39, 0.29) is 29.5 Å². The lowest BCUT2D eigenvalue weighted by molar-refractivity contribution is -0.113. The number of H-pyrrole nitrogens is 1. The number of nitrogens with one attached hydrogen (secondary N) is 2. The molecule has 4 N–H and O–H groups in total. The Morgan fingerprint density at radius 1 is 1.31 bits per heavy atom. The first-order chi connectivity index (χ1) is 16.9. The standard InChI is InChI=1S/C24H27ClN8O2/c1-3-32(4-2)9-8-28-22(34)16-10-17(29-13-16)11-18-19-20(25)30-24(26)31-21(19)33(23(18)35)14-15-6-5-7-27-12-15/h5-7,10-13,29H,3-4,8-9,14H2,1-2H3,(H,28,34)(H2,26,30,31)/b18-11+. The van der Waals surface area contributed by atoms with Gasteiger partial charge in [0.1, 0.15) is 5.15 Å². The number of carbonyl (C=O) groups is 2. The van der Waals surface area contributed by atoms with E-state index in [2.05, 4.69) is 44.0 Å². The Morgan fingerprint density at radius 2 is 2.11 bits per heavy atom. The second-order valence-electron chi connectivity index (χ2n) is 8.01. The molecule has 0 spiro atoms. The molecule has 0 atom stereocenters. The van der Waals surface area contributed by atoms with Crippen molar-refractivity contribution in [3.63, 3.8) is 0 Å². The summed E-state index contributed by atoms with van der Waals surface area (Å²) in [6, 6.07) is 5.34. The molecule has 4 heterocycles. The molecule has 0 bridgehead atoms. The maximum atomic E-state index is 13.4. The van der Waals surface area contributed by atoms with Crippen LogP contribution in [0.4, 0.5) is 11.8 Å². The summed E-state index contributed by atoms with van der Waals surface area (Å²) >= 11 is 6.39. The van der Waals surface area contributed by atoms with Gasteiger partial charge in [0.05, 0.1) is 23.2 Å². The number of pyridine rings is 1. The predicted octanol–water partition coefficient (Wildman–Crippen LogP) is 2.59. The van der Waals surface area contributed by atoms with Crippen LogP contribution in [0.1, 0.15) is 41.0 Å². The minimum absolute atomic E-state index is 0.0254. The fourth-order valence-electron chi connectivity index (χ4n) is 3.92. The summed E-state index contributed by atoms with van der Waals surface area (Å²) in [6.45, 7) is 7.60. The molecule has 0 saturated carbocycles. The first kappa shape index (κ1) is 24.4. The molecule has 0 fully saturated rings. The van der Waals surface area contributed by atoms with Gasteiger partial charge in [-0.05, 0) is 36.9 Å². The highest BCUT2D eigenvalue weighted by molar-refractivity contribution is 6.41. The Labute approximate surface area is 208 Å². The first-order valence-electron chi connectivity index (χ1n) is 11.4. The summed E-state index contributed by atoms with van der Waals surface area (Å²) in [7, 11) is 0. The van der Waals surface area contributed by atoms with Crippen LogP contribution in [0.2, 0.25) is 5.15 Å². The molecular weight excluding hydrogens is 468 g/mol. The number of amides is 2. The zero-order chi connectivity index (χ0) is 24.9. The predicted molar refractivity (Wildman–Crippen MR) is 136 cm³/mol. The molecule has 1 aliphatic heterocycles. The molecule has 3 aromatic heterocycles. The van der Waals surface area contributed by atoms with Crippen molar-refractivity contribution < 1.29 is 9.59 Å². The Kier molecular flexibility index (Phi) is 7.42. The van der Waals surface area contributed by atoms with Gasteiger partial charge in [-0.1, -0.05) is 31.5 Å². The van der Waals surface area contributed by atoms with Crippen molar-refractivity contribution in [2.24, 2.45) is 0 Å². The van der Waals surface area contributed by atoms with E-state index in [9.17, 15) is 9.59 Å². The second kappa shape index (κ2) is 10.7. The van der Waals surface area contributed by atoms with Gasteiger partial charge >= 0.3 is 0 Å². The molecule has 3 aromatic rings. The number of likely N-dealkylation sites (N-methyl/N-ethyl adjacent to an activating group) is 1. The van der Waals surface area contributed by atoms with Crippen LogP contribution in [-0.4, -0.2) is 62.8 Å². The molecule has 11 heteroatoms. The number of halogens is 1. The van der Waals surface area contributed by atoms with Crippen molar-refractivity contribution in [2.75, 3.05) is 36.8 Å². The normalized spacial score (nSPS) is 14.1. The molecule has 0 aromatic carbocycles. The average Bonchev–Trinajstić information content (AvgIpc) is 3.42. The van der Waals surface area contributed by atoms with Crippen LogP contribution in [-0.2, 0) is 11.3 Å². The highest BCUT2D eigenvalue weighted by Crippen LogP contribution is 2.41. The van der Waals surface area contributed by atoms with Gasteiger partial charge in [0, 0.05) is 37.4 Å². The van der Waals surface area contributed by atoms with Crippen LogP contribution in [0, 0.1) is 0 Å². The van der Waals surface area contributed by atoms with Gasteiger partial charge < -0.3 is 20.9 Å². The summed E-state index contributed by atoms with van der Waals surface area (Å²) in [5.41, 5.74) is 8.38. The number of nitrogens with two attached hydrogens (primary N) is 1. The van der Waals surface area contributed by atoms with E-state index in [4.69, 9.17) is 17.3 Å². The molecule has 10 nitrogen and oxygen atoms in total.